The maximum absolute atomic E-state index is 9.53. The molecule has 0 spiro atoms. The van der Waals surface area contributed by atoms with Gasteiger partial charge in [0.1, 0.15) is 0 Å². The topological polar surface area (TPSA) is 49.5 Å². The number of aliphatic hydroxyl groups excluding tert-OH is 1. The Labute approximate surface area is 118 Å². The number of hydrogen-bond acceptors (Lipinski definition) is 3. The zero-order chi connectivity index (χ0) is 13.7. The summed E-state index contributed by atoms with van der Waals surface area (Å²) in [6.07, 6.45) is 0.558. The summed E-state index contributed by atoms with van der Waals surface area (Å²) in [6.45, 7) is 4.51. The Morgan fingerprint density at radius 3 is 2.33 bits per heavy atom. The monoisotopic (exact) mass is 314 g/mol. The highest BCUT2D eigenvalue weighted by Crippen LogP contribution is 2.25. The van der Waals surface area contributed by atoms with E-state index in [1.54, 1.807) is 6.92 Å². The quantitative estimate of drug-likeness (QED) is 0.848. The van der Waals surface area contributed by atoms with Gasteiger partial charge in [-0.05, 0) is 38.1 Å². The lowest BCUT2D eigenvalue weighted by Gasteiger charge is -2.33. The molecule has 3 nitrogen and oxygen atoms in total. The summed E-state index contributed by atoms with van der Waals surface area (Å²) >= 11 is 3.44. The van der Waals surface area contributed by atoms with E-state index in [2.05, 4.69) is 39.9 Å². The summed E-state index contributed by atoms with van der Waals surface area (Å²) in [5.41, 5.74) is 7.42. The summed E-state index contributed by atoms with van der Waals surface area (Å²) in [4.78, 5) is 2.13. The van der Waals surface area contributed by atoms with Crippen molar-refractivity contribution in [3.05, 3.63) is 34.3 Å². The van der Waals surface area contributed by atoms with Gasteiger partial charge in [0.2, 0.25) is 0 Å². The Kier molecular flexibility index (Phi) is 6.29. The Balaban J connectivity index is 2.94. The molecule has 3 atom stereocenters. The van der Waals surface area contributed by atoms with Gasteiger partial charge in [0.15, 0.2) is 0 Å². The predicted octanol–water partition coefficient (Wildman–Crippen LogP) is 2.54. The van der Waals surface area contributed by atoms with Crippen molar-refractivity contribution in [3.8, 4) is 0 Å². The molecule has 0 amide bonds. The number of nitrogens with two attached hydrogens (primary N) is 1. The zero-order valence-corrected chi connectivity index (χ0v) is 12.9. The highest BCUT2D eigenvalue weighted by Gasteiger charge is 2.23. The number of halogens is 1. The summed E-state index contributed by atoms with van der Waals surface area (Å²) in [5.74, 6) is 0. The molecule has 1 rings (SSSR count). The predicted molar refractivity (Wildman–Crippen MR) is 79.5 cm³/mol. The molecule has 1 aromatic rings. The van der Waals surface area contributed by atoms with E-state index in [-0.39, 0.29) is 18.2 Å². The second-order valence-electron chi connectivity index (χ2n) is 4.86. The minimum absolute atomic E-state index is 0.0647. The molecule has 0 aromatic heterocycles. The Bertz CT molecular complexity index is 353. The van der Waals surface area contributed by atoms with Crippen molar-refractivity contribution in [3.63, 3.8) is 0 Å². The van der Waals surface area contributed by atoms with Crippen molar-refractivity contribution in [1.29, 1.82) is 0 Å². The van der Waals surface area contributed by atoms with Crippen LogP contribution >= 0.6 is 15.9 Å². The third-order valence-electron chi connectivity index (χ3n) is 3.12. The van der Waals surface area contributed by atoms with Crippen LogP contribution in [0.1, 0.15) is 31.9 Å². The normalized spacial score (nSPS) is 16.6. The molecule has 3 unspecified atom stereocenters. The average molecular weight is 315 g/mol. The number of nitrogens with zero attached hydrogens (tertiary/aromatic N) is 1. The molecule has 0 aliphatic heterocycles. The molecule has 0 fully saturated rings. The van der Waals surface area contributed by atoms with E-state index in [9.17, 15) is 5.11 Å². The van der Waals surface area contributed by atoms with Crippen LogP contribution in [0.2, 0.25) is 0 Å². The number of likely N-dealkylation sites (N-methyl/N-ethyl adjacent to an activating group) is 1. The molecule has 0 saturated carbocycles. The first-order valence-corrected chi connectivity index (χ1v) is 7.14. The smallest absolute Gasteiger partial charge is 0.0639 e. The summed E-state index contributed by atoms with van der Waals surface area (Å²) in [7, 11) is 2.01. The van der Waals surface area contributed by atoms with Gasteiger partial charge in [-0.2, -0.15) is 0 Å². The SMILES string of the molecule is CCC(N)C(c1ccc(Br)cc1)N(C)CC(C)O. The molecular weight excluding hydrogens is 292 g/mol. The van der Waals surface area contributed by atoms with Crippen molar-refractivity contribution in [2.45, 2.75) is 38.5 Å². The van der Waals surface area contributed by atoms with Crippen LogP contribution in [-0.2, 0) is 0 Å². The lowest BCUT2D eigenvalue weighted by molar-refractivity contribution is 0.107. The van der Waals surface area contributed by atoms with Gasteiger partial charge in [-0.3, -0.25) is 4.90 Å². The highest BCUT2D eigenvalue weighted by atomic mass is 79.9. The first-order valence-electron chi connectivity index (χ1n) is 6.35. The zero-order valence-electron chi connectivity index (χ0n) is 11.3. The molecule has 0 radical (unpaired) electrons. The van der Waals surface area contributed by atoms with E-state index >= 15 is 0 Å². The Morgan fingerprint density at radius 2 is 1.89 bits per heavy atom. The number of aliphatic hydroxyl groups is 1. The summed E-state index contributed by atoms with van der Waals surface area (Å²) in [5, 5.41) is 9.53. The fourth-order valence-electron chi connectivity index (χ4n) is 2.24. The fraction of sp³-hybridized carbons (Fsp3) is 0.571. The number of rotatable bonds is 6. The molecule has 18 heavy (non-hydrogen) atoms. The van der Waals surface area contributed by atoms with E-state index in [0.29, 0.717) is 6.54 Å². The van der Waals surface area contributed by atoms with Crippen LogP contribution in [0.25, 0.3) is 0 Å². The first kappa shape index (κ1) is 15.6. The van der Waals surface area contributed by atoms with Gasteiger partial charge in [0, 0.05) is 23.1 Å². The average Bonchev–Trinajstić information content (AvgIpc) is 2.30. The maximum atomic E-state index is 9.53. The van der Waals surface area contributed by atoms with E-state index < -0.39 is 0 Å². The minimum atomic E-state index is -0.350. The molecule has 1 aromatic carbocycles. The van der Waals surface area contributed by atoms with Gasteiger partial charge >= 0.3 is 0 Å². The number of hydrogen-bond donors (Lipinski definition) is 2. The highest BCUT2D eigenvalue weighted by molar-refractivity contribution is 9.10. The standard InChI is InChI=1S/C14H23BrN2O/c1-4-13(16)14(17(3)9-10(2)18)11-5-7-12(15)8-6-11/h5-8,10,13-14,18H,4,9,16H2,1-3H3. The van der Waals surface area contributed by atoms with Crippen molar-refractivity contribution in [2.75, 3.05) is 13.6 Å². The van der Waals surface area contributed by atoms with Crippen molar-refractivity contribution >= 4 is 15.9 Å². The van der Waals surface area contributed by atoms with Crippen LogP contribution in [0.3, 0.4) is 0 Å². The number of benzene rings is 1. The Hall–Kier alpha value is -0.420. The van der Waals surface area contributed by atoms with Crippen molar-refractivity contribution in [1.82, 2.24) is 4.90 Å². The van der Waals surface area contributed by atoms with Crippen LogP contribution in [0.15, 0.2) is 28.7 Å². The fourth-order valence-corrected chi connectivity index (χ4v) is 2.51. The van der Waals surface area contributed by atoms with E-state index in [4.69, 9.17) is 5.73 Å². The minimum Gasteiger partial charge on any atom is -0.392 e. The third-order valence-corrected chi connectivity index (χ3v) is 3.64. The van der Waals surface area contributed by atoms with Crippen LogP contribution < -0.4 is 5.73 Å². The molecule has 4 heteroatoms. The van der Waals surface area contributed by atoms with Gasteiger partial charge in [-0.1, -0.05) is 35.0 Å². The second kappa shape index (κ2) is 7.24. The van der Waals surface area contributed by atoms with E-state index in [0.717, 1.165) is 10.9 Å². The molecule has 0 heterocycles. The summed E-state index contributed by atoms with van der Waals surface area (Å²) < 4.78 is 1.06. The largest absolute Gasteiger partial charge is 0.392 e. The molecule has 0 aliphatic carbocycles. The van der Waals surface area contributed by atoms with E-state index in [1.165, 1.54) is 5.56 Å². The second-order valence-corrected chi connectivity index (χ2v) is 5.77. The lowest BCUT2D eigenvalue weighted by Crippen LogP contribution is -2.41. The van der Waals surface area contributed by atoms with Gasteiger partial charge in [0.25, 0.3) is 0 Å². The van der Waals surface area contributed by atoms with Gasteiger partial charge in [-0.25, -0.2) is 0 Å². The summed E-state index contributed by atoms with van der Waals surface area (Å²) in [6, 6.07) is 8.43. The van der Waals surface area contributed by atoms with Crippen LogP contribution in [-0.4, -0.2) is 35.7 Å². The first-order chi connectivity index (χ1) is 8.45. The molecule has 0 saturated heterocycles. The van der Waals surface area contributed by atoms with Crippen molar-refractivity contribution in [2.24, 2.45) is 5.73 Å². The maximum Gasteiger partial charge on any atom is 0.0639 e. The lowest BCUT2D eigenvalue weighted by atomic mass is 9.96. The molecule has 0 bridgehead atoms. The molecule has 0 aliphatic rings. The van der Waals surface area contributed by atoms with E-state index in [1.807, 2.05) is 19.2 Å². The third kappa shape index (κ3) is 4.35. The molecule has 102 valence electrons. The van der Waals surface area contributed by atoms with Gasteiger partial charge < -0.3 is 10.8 Å². The van der Waals surface area contributed by atoms with Gasteiger partial charge in [0.05, 0.1) is 6.10 Å². The molecule has 3 N–H and O–H groups in total. The van der Waals surface area contributed by atoms with Crippen LogP contribution in [0.5, 0.6) is 0 Å². The van der Waals surface area contributed by atoms with Crippen LogP contribution in [0, 0.1) is 0 Å². The van der Waals surface area contributed by atoms with Crippen LogP contribution in [0.4, 0.5) is 0 Å². The van der Waals surface area contributed by atoms with Crippen molar-refractivity contribution < 1.29 is 5.11 Å². The van der Waals surface area contributed by atoms with Gasteiger partial charge in [-0.15, -0.1) is 0 Å². The molecular formula is C14H23BrN2O. The Morgan fingerprint density at radius 1 is 1.33 bits per heavy atom.